The van der Waals surface area contributed by atoms with Gasteiger partial charge in [-0.15, -0.1) is 0 Å². The zero-order valence-corrected chi connectivity index (χ0v) is 20.5. The van der Waals surface area contributed by atoms with Crippen molar-refractivity contribution < 1.29 is 22.3 Å². The third-order valence-corrected chi connectivity index (χ3v) is 6.64. The van der Waals surface area contributed by atoms with Gasteiger partial charge in [-0.05, 0) is 57.7 Å². The normalized spacial score (nSPS) is 11.5. The number of rotatable bonds is 8. The zero-order chi connectivity index (χ0) is 24.5. The highest BCUT2D eigenvalue weighted by Crippen LogP contribution is 2.35. The minimum atomic E-state index is -3.95. The lowest BCUT2D eigenvalue weighted by atomic mass is 9.90. The number of hydrogen-bond acceptors (Lipinski definition) is 7. The summed E-state index contributed by atoms with van der Waals surface area (Å²) in [5.41, 5.74) is 2.80. The molecule has 1 aromatic carbocycles. The number of benzene rings is 1. The average molecular weight is 464 g/mol. The van der Waals surface area contributed by atoms with Gasteiger partial charge < -0.3 is 4.18 Å². The second-order valence-electron chi connectivity index (χ2n) is 8.43. The number of allylic oxidation sites excluding steroid dienone is 2. The molecule has 0 fully saturated rings. The lowest BCUT2D eigenvalue weighted by molar-refractivity contribution is -0.385. The number of aryl methyl sites for hydroxylation is 2. The first-order valence-electron chi connectivity index (χ1n) is 10.1. The van der Waals surface area contributed by atoms with E-state index in [4.69, 9.17) is 4.18 Å². The van der Waals surface area contributed by atoms with E-state index in [-0.39, 0.29) is 34.4 Å². The fourth-order valence-electron chi connectivity index (χ4n) is 3.51. The van der Waals surface area contributed by atoms with Crippen LogP contribution >= 0.6 is 0 Å². The minimum absolute atomic E-state index is 0.0117. The van der Waals surface area contributed by atoms with Crippen molar-refractivity contribution in [3.63, 3.8) is 0 Å². The van der Waals surface area contributed by atoms with Gasteiger partial charge in [0.15, 0.2) is 0 Å². The second-order valence-corrected chi connectivity index (χ2v) is 10.0. The van der Waals surface area contributed by atoms with Gasteiger partial charge in [0.1, 0.15) is 5.56 Å². The van der Waals surface area contributed by atoms with E-state index in [1.807, 2.05) is 13.8 Å². The molecule has 0 saturated carbocycles. The van der Waals surface area contributed by atoms with Crippen molar-refractivity contribution in [1.82, 2.24) is 9.78 Å². The maximum Gasteiger partial charge on any atom is 0.310 e. The third-order valence-electron chi connectivity index (χ3n) is 5.15. The highest BCUT2D eigenvalue weighted by atomic mass is 32.2. The largest absolute Gasteiger partial charge is 0.361 e. The Bertz CT molecular complexity index is 1220. The molecule has 0 amide bonds. The molecule has 0 aliphatic heterocycles. The summed E-state index contributed by atoms with van der Waals surface area (Å²) in [6.07, 6.45) is 0. The Kier molecular flexibility index (Phi) is 7.29. The molecule has 0 spiro atoms. The molecule has 0 saturated heterocycles. The van der Waals surface area contributed by atoms with Crippen LogP contribution in [0.3, 0.4) is 0 Å². The Balaban J connectivity index is 2.71. The maximum atomic E-state index is 13.5. The SMILES string of the molecule is CC(C)=C(C)c1c([N+](=O)[O-])ccc(C(=O)c2c(C)nn(C)c2OS(=O)(=O)CC(C)C)c1C. The van der Waals surface area contributed by atoms with Crippen LogP contribution in [0.2, 0.25) is 0 Å². The van der Waals surface area contributed by atoms with Gasteiger partial charge in [-0.1, -0.05) is 19.4 Å². The van der Waals surface area contributed by atoms with Crippen LogP contribution in [-0.2, 0) is 17.2 Å². The van der Waals surface area contributed by atoms with Crippen molar-refractivity contribution in [2.75, 3.05) is 5.75 Å². The predicted molar refractivity (Wildman–Crippen MR) is 122 cm³/mol. The van der Waals surface area contributed by atoms with E-state index in [1.54, 1.807) is 34.6 Å². The number of nitro benzene ring substituents is 1. The number of carbonyl (C=O) groups excluding carboxylic acids is 1. The lowest BCUT2D eigenvalue weighted by Crippen LogP contribution is -2.20. The van der Waals surface area contributed by atoms with Gasteiger partial charge in [-0.3, -0.25) is 14.9 Å². The first-order chi connectivity index (χ1) is 14.7. The molecule has 0 unspecified atom stereocenters. The molecule has 1 aromatic heterocycles. The van der Waals surface area contributed by atoms with E-state index in [0.29, 0.717) is 22.4 Å². The molecule has 0 aliphatic carbocycles. The topological polar surface area (TPSA) is 121 Å². The first kappa shape index (κ1) is 25.3. The number of nitro groups is 1. The standard InChI is InChI=1S/C22H29N3O6S/c1-12(2)11-32(29,30)31-22-20(16(7)23-24(22)8)21(26)17-9-10-18(25(27)28)19(15(17)6)14(5)13(3)4/h9-10,12H,11H2,1-8H3. The number of nitrogens with zero attached hydrogens (tertiary/aromatic N) is 3. The molecule has 2 rings (SSSR count). The first-order valence-corrected chi connectivity index (χ1v) is 11.7. The van der Waals surface area contributed by atoms with Crippen LogP contribution < -0.4 is 4.18 Å². The average Bonchev–Trinajstić information content (AvgIpc) is 2.91. The Morgan fingerprint density at radius 1 is 1.19 bits per heavy atom. The molecule has 0 bridgehead atoms. The number of hydrogen-bond donors (Lipinski definition) is 0. The van der Waals surface area contributed by atoms with Gasteiger partial charge in [0, 0.05) is 18.7 Å². The van der Waals surface area contributed by atoms with Gasteiger partial charge in [0.2, 0.25) is 11.7 Å². The van der Waals surface area contributed by atoms with Crippen LogP contribution in [0, 0.1) is 29.9 Å². The van der Waals surface area contributed by atoms with Crippen LogP contribution in [0.25, 0.3) is 5.57 Å². The van der Waals surface area contributed by atoms with Gasteiger partial charge in [0.25, 0.3) is 5.69 Å². The van der Waals surface area contributed by atoms with E-state index < -0.39 is 20.8 Å². The van der Waals surface area contributed by atoms with E-state index in [9.17, 15) is 23.3 Å². The summed E-state index contributed by atoms with van der Waals surface area (Å²) in [5.74, 6) is -1.07. The Morgan fingerprint density at radius 3 is 2.28 bits per heavy atom. The maximum absolute atomic E-state index is 13.5. The monoisotopic (exact) mass is 463 g/mol. The van der Waals surface area contributed by atoms with Crippen LogP contribution in [0.4, 0.5) is 5.69 Å². The molecule has 1 heterocycles. The number of aromatic nitrogens is 2. The highest BCUT2D eigenvalue weighted by Gasteiger charge is 2.30. The molecule has 9 nitrogen and oxygen atoms in total. The molecular formula is C22H29N3O6S. The lowest BCUT2D eigenvalue weighted by Gasteiger charge is -2.14. The summed E-state index contributed by atoms with van der Waals surface area (Å²) in [4.78, 5) is 24.7. The summed E-state index contributed by atoms with van der Waals surface area (Å²) < 4.78 is 31.4. The van der Waals surface area contributed by atoms with Crippen LogP contribution in [0.15, 0.2) is 17.7 Å². The summed E-state index contributed by atoms with van der Waals surface area (Å²) in [6, 6.07) is 2.68. The quantitative estimate of drug-likeness (QED) is 0.247. The van der Waals surface area contributed by atoms with Gasteiger partial charge in [-0.2, -0.15) is 13.5 Å². The van der Waals surface area contributed by atoms with Crippen LogP contribution in [0.5, 0.6) is 5.88 Å². The zero-order valence-electron chi connectivity index (χ0n) is 19.6. The fourth-order valence-corrected chi connectivity index (χ4v) is 4.83. The van der Waals surface area contributed by atoms with Gasteiger partial charge >= 0.3 is 10.1 Å². The Labute approximate surface area is 188 Å². The Hall–Kier alpha value is -3.01. The fraction of sp³-hybridized carbons (Fsp3) is 0.455. The molecule has 0 radical (unpaired) electrons. The molecular weight excluding hydrogens is 434 g/mol. The summed E-state index contributed by atoms with van der Waals surface area (Å²) in [6.45, 7) is 12.2. The second kappa shape index (κ2) is 9.23. The van der Waals surface area contributed by atoms with E-state index >= 15 is 0 Å². The van der Waals surface area contributed by atoms with Gasteiger partial charge in [0.05, 0.1) is 21.9 Å². The molecule has 0 N–H and O–H groups in total. The summed E-state index contributed by atoms with van der Waals surface area (Å²) >= 11 is 0. The summed E-state index contributed by atoms with van der Waals surface area (Å²) in [7, 11) is -2.46. The smallest absolute Gasteiger partial charge is 0.310 e. The minimum Gasteiger partial charge on any atom is -0.361 e. The highest BCUT2D eigenvalue weighted by molar-refractivity contribution is 7.87. The van der Waals surface area contributed by atoms with E-state index in [0.717, 1.165) is 5.57 Å². The van der Waals surface area contributed by atoms with E-state index in [1.165, 1.54) is 23.9 Å². The van der Waals surface area contributed by atoms with Crippen LogP contribution in [0.1, 0.15) is 67.4 Å². The van der Waals surface area contributed by atoms with Crippen molar-refractivity contribution in [3.05, 3.63) is 55.8 Å². The Morgan fingerprint density at radius 2 is 1.78 bits per heavy atom. The number of ketones is 1. The molecule has 2 aromatic rings. The van der Waals surface area contributed by atoms with Crippen molar-refractivity contribution in [3.8, 4) is 5.88 Å². The van der Waals surface area contributed by atoms with Gasteiger partial charge in [-0.25, -0.2) is 4.68 Å². The van der Waals surface area contributed by atoms with Crippen molar-refractivity contribution >= 4 is 27.2 Å². The predicted octanol–water partition coefficient (Wildman–Crippen LogP) is 4.35. The third kappa shape index (κ3) is 5.07. The number of carbonyl (C=O) groups is 1. The van der Waals surface area contributed by atoms with E-state index in [2.05, 4.69) is 5.10 Å². The summed E-state index contributed by atoms with van der Waals surface area (Å²) in [5, 5.41) is 15.8. The molecule has 32 heavy (non-hydrogen) atoms. The van der Waals surface area contributed by atoms with Crippen molar-refractivity contribution in [1.29, 1.82) is 0 Å². The van der Waals surface area contributed by atoms with Crippen LogP contribution in [-0.4, -0.2) is 34.7 Å². The van der Waals surface area contributed by atoms with Crippen molar-refractivity contribution in [2.45, 2.75) is 48.5 Å². The molecule has 174 valence electrons. The molecule has 0 atom stereocenters. The molecule has 0 aliphatic rings. The molecule has 10 heteroatoms. The van der Waals surface area contributed by atoms with Crippen molar-refractivity contribution in [2.24, 2.45) is 13.0 Å².